The molecule has 0 bridgehead atoms. The molecule has 4 rings (SSSR count). The number of amides is 2. The first kappa shape index (κ1) is 15.3. The molecule has 2 amide bonds. The van der Waals surface area contributed by atoms with Gasteiger partial charge in [-0.25, -0.2) is 4.98 Å². The van der Waals surface area contributed by atoms with Crippen LogP contribution in [0.25, 0.3) is 0 Å². The summed E-state index contributed by atoms with van der Waals surface area (Å²) in [6, 6.07) is 10.1. The zero-order chi connectivity index (χ0) is 16.5. The highest BCUT2D eigenvalue weighted by Gasteiger charge is 2.39. The fourth-order valence-corrected chi connectivity index (χ4v) is 4.42. The molecule has 0 spiro atoms. The maximum absolute atomic E-state index is 12.9. The first-order valence-electron chi connectivity index (χ1n) is 8.31. The molecule has 5 nitrogen and oxygen atoms in total. The molecule has 3 heterocycles. The van der Waals surface area contributed by atoms with Crippen LogP contribution in [0, 0.1) is 0 Å². The molecule has 2 aliphatic heterocycles. The van der Waals surface area contributed by atoms with E-state index >= 15 is 0 Å². The summed E-state index contributed by atoms with van der Waals surface area (Å²) >= 11 is 1.46. The van der Waals surface area contributed by atoms with E-state index in [1.165, 1.54) is 16.9 Å². The molecule has 1 unspecified atom stereocenters. The highest BCUT2D eigenvalue weighted by Crippen LogP contribution is 2.28. The summed E-state index contributed by atoms with van der Waals surface area (Å²) in [6.45, 7) is 1.29. The molecule has 2 aromatic rings. The van der Waals surface area contributed by atoms with Gasteiger partial charge < -0.3 is 9.80 Å². The zero-order valence-electron chi connectivity index (χ0n) is 13.4. The van der Waals surface area contributed by atoms with Crippen LogP contribution in [0.4, 0.5) is 0 Å². The first-order valence-corrected chi connectivity index (χ1v) is 9.13. The van der Waals surface area contributed by atoms with Crippen LogP contribution in [0.2, 0.25) is 0 Å². The third-order valence-electron chi connectivity index (χ3n) is 4.69. The third kappa shape index (κ3) is 2.82. The van der Waals surface area contributed by atoms with E-state index in [1.807, 2.05) is 28.0 Å². The quantitative estimate of drug-likeness (QED) is 0.862. The second-order valence-corrected chi connectivity index (χ2v) is 7.35. The summed E-state index contributed by atoms with van der Waals surface area (Å²) in [6.07, 6.45) is 4.65. The molecule has 1 aromatic heterocycles. The van der Waals surface area contributed by atoms with Crippen molar-refractivity contribution in [3.63, 3.8) is 0 Å². The van der Waals surface area contributed by atoms with Crippen molar-refractivity contribution >= 4 is 23.2 Å². The van der Waals surface area contributed by atoms with Gasteiger partial charge in [-0.3, -0.25) is 9.59 Å². The van der Waals surface area contributed by atoms with Crippen molar-refractivity contribution in [3.8, 4) is 0 Å². The molecule has 24 heavy (non-hydrogen) atoms. The SMILES string of the molecule is O=C1CCN(C(=O)c2cnc(Cc3ccccc3)s2)C2CCCN12. The van der Waals surface area contributed by atoms with Gasteiger partial charge in [0, 0.05) is 25.9 Å². The Balaban J connectivity index is 1.50. The van der Waals surface area contributed by atoms with E-state index < -0.39 is 0 Å². The molecule has 0 N–H and O–H groups in total. The van der Waals surface area contributed by atoms with Gasteiger partial charge in [-0.2, -0.15) is 0 Å². The number of carbonyl (C=O) groups excluding carboxylic acids is 2. The highest BCUT2D eigenvalue weighted by molar-refractivity contribution is 7.13. The van der Waals surface area contributed by atoms with Gasteiger partial charge in [0.25, 0.3) is 5.91 Å². The Kier molecular flexibility index (Phi) is 4.06. The molecule has 0 radical (unpaired) electrons. The maximum atomic E-state index is 12.9. The van der Waals surface area contributed by atoms with Crippen molar-refractivity contribution < 1.29 is 9.59 Å². The third-order valence-corrected chi connectivity index (χ3v) is 5.68. The standard InChI is InChI=1S/C18H19N3O2S/c22-17-8-10-21(16-7-4-9-20(16)17)18(23)14-12-19-15(24-14)11-13-5-2-1-3-6-13/h1-3,5-6,12,16H,4,7-11H2. The Morgan fingerprint density at radius 2 is 2.08 bits per heavy atom. The second-order valence-electron chi connectivity index (χ2n) is 6.24. The van der Waals surface area contributed by atoms with Crippen LogP contribution in [-0.2, 0) is 11.2 Å². The van der Waals surface area contributed by atoms with Gasteiger partial charge in [0.1, 0.15) is 11.0 Å². The summed E-state index contributed by atoms with van der Waals surface area (Å²) < 4.78 is 0. The number of hydrogen-bond donors (Lipinski definition) is 0. The average molecular weight is 341 g/mol. The Morgan fingerprint density at radius 1 is 1.25 bits per heavy atom. The van der Waals surface area contributed by atoms with E-state index in [0.717, 1.165) is 30.8 Å². The number of hydrogen-bond acceptors (Lipinski definition) is 4. The maximum Gasteiger partial charge on any atom is 0.267 e. The lowest BCUT2D eigenvalue weighted by Gasteiger charge is -2.39. The van der Waals surface area contributed by atoms with Gasteiger partial charge in [0.15, 0.2) is 0 Å². The molecular weight excluding hydrogens is 322 g/mol. The smallest absolute Gasteiger partial charge is 0.267 e. The Morgan fingerprint density at radius 3 is 2.92 bits per heavy atom. The van der Waals surface area contributed by atoms with Crippen LogP contribution in [0.5, 0.6) is 0 Å². The molecule has 124 valence electrons. The highest BCUT2D eigenvalue weighted by atomic mass is 32.1. The summed E-state index contributed by atoms with van der Waals surface area (Å²) in [5.74, 6) is 0.187. The number of rotatable bonds is 3. The fraction of sp³-hybridized carbons (Fsp3) is 0.389. The molecule has 0 aliphatic carbocycles. The number of carbonyl (C=O) groups is 2. The topological polar surface area (TPSA) is 53.5 Å². The summed E-state index contributed by atoms with van der Waals surface area (Å²) in [5, 5.41) is 0.945. The van der Waals surface area contributed by atoms with Crippen LogP contribution in [0.15, 0.2) is 36.5 Å². The van der Waals surface area contributed by atoms with E-state index in [2.05, 4.69) is 17.1 Å². The lowest BCUT2D eigenvalue weighted by molar-refractivity contribution is -0.139. The van der Waals surface area contributed by atoms with Crippen molar-refractivity contribution in [2.24, 2.45) is 0 Å². The molecule has 2 saturated heterocycles. The number of fused-ring (bicyclic) bond motifs is 1. The Labute approximate surface area is 144 Å². The van der Waals surface area contributed by atoms with Gasteiger partial charge in [-0.1, -0.05) is 30.3 Å². The normalized spacial score (nSPS) is 20.3. The minimum Gasteiger partial charge on any atom is -0.322 e. The average Bonchev–Trinajstić information content (AvgIpc) is 3.25. The number of nitrogens with zero attached hydrogens (tertiary/aromatic N) is 3. The van der Waals surface area contributed by atoms with Gasteiger partial charge in [0.2, 0.25) is 5.91 Å². The minimum absolute atomic E-state index is 0.0104. The monoisotopic (exact) mass is 341 g/mol. The van der Waals surface area contributed by atoms with Gasteiger partial charge >= 0.3 is 0 Å². The van der Waals surface area contributed by atoms with Gasteiger partial charge in [-0.05, 0) is 18.4 Å². The van der Waals surface area contributed by atoms with Crippen molar-refractivity contribution in [1.82, 2.24) is 14.8 Å². The molecular formula is C18H19N3O2S. The van der Waals surface area contributed by atoms with E-state index in [1.54, 1.807) is 6.20 Å². The largest absolute Gasteiger partial charge is 0.322 e. The van der Waals surface area contributed by atoms with Crippen molar-refractivity contribution in [3.05, 3.63) is 52.0 Å². The van der Waals surface area contributed by atoms with E-state index in [4.69, 9.17) is 0 Å². The summed E-state index contributed by atoms with van der Waals surface area (Å²) in [7, 11) is 0. The van der Waals surface area contributed by atoms with Crippen molar-refractivity contribution in [1.29, 1.82) is 0 Å². The lowest BCUT2D eigenvalue weighted by atomic mass is 10.2. The van der Waals surface area contributed by atoms with E-state index in [-0.39, 0.29) is 18.0 Å². The van der Waals surface area contributed by atoms with Crippen LogP contribution in [-0.4, -0.2) is 45.9 Å². The molecule has 6 heteroatoms. The molecule has 1 atom stereocenters. The van der Waals surface area contributed by atoms with E-state index in [9.17, 15) is 9.59 Å². The second kappa shape index (κ2) is 6.36. The summed E-state index contributed by atoms with van der Waals surface area (Å²) in [4.78, 5) is 33.6. The first-order chi connectivity index (χ1) is 11.7. The van der Waals surface area contributed by atoms with Crippen LogP contribution >= 0.6 is 11.3 Å². The predicted molar refractivity (Wildman–Crippen MR) is 91.8 cm³/mol. The predicted octanol–water partition coefficient (Wildman–Crippen LogP) is 2.53. The lowest BCUT2D eigenvalue weighted by Crippen LogP contribution is -2.55. The van der Waals surface area contributed by atoms with Gasteiger partial charge in [0.05, 0.1) is 11.2 Å². The van der Waals surface area contributed by atoms with Crippen molar-refractivity contribution in [2.45, 2.75) is 31.8 Å². The number of benzene rings is 1. The number of aromatic nitrogens is 1. The van der Waals surface area contributed by atoms with Gasteiger partial charge in [-0.15, -0.1) is 11.3 Å². The van der Waals surface area contributed by atoms with E-state index in [0.29, 0.717) is 17.8 Å². The molecule has 0 saturated carbocycles. The molecule has 2 aliphatic rings. The van der Waals surface area contributed by atoms with Crippen LogP contribution in [0.1, 0.15) is 39.5 Å². The zero-order valence-corrected chi connectivity index (χ0v) is 14.2. The summed E-state index contributed by atoms with van der Waals surface area (Å²) in [5.41, 5.74) is 1.19. The fourth-order valence-electron chi connectivity index (χ4n) is 3.51. The minimum atomic E-state index is -0.0570. The Bertz CT molecular complexity index is 759. The molecule has 2 fully saturated rings. The number of thiazole rings is 1. The van der Waals surface area contributed by atoms with Crippen molar-refractivity contribution in [2.75, 3.05) is 13.1 Å². The molecule has 1 aromatic carbocycles. The van der Waals surface area contributed by atoms with Crippen LogP contribution in [0.3, 0.4) is 0 Å². The Hall–Kier alpha value is -2.21. The van der Waals surface area contributed by atoms with Crippen LogP contribution < -0.4 is 0 Å².